The van der Waals surface area contributed by atoms with Gasteiger partial charge in [-0.3, -0.25) is 14.6 Å². The molecule has 0 saturated carbocycles. The highest BCUT2D eigenvalue weighted by Gasteiger charge is 2.13. The van der Waals surface area contributed by atoms with Crippen LogP contribution >= 0.6 is 11.8 Å². The number of benzene rings is 2. The van der Waals surface area contributed by atoms with Crippen molar-refractivity contribution in [3.63, 3.8) is 0 Å². The molecule has 8 heteroatoms. The Morgan fingerprint density at radius 1 is 1.06 bits per heavy atom. The first kappa shape index (κ1) is 22.5. The van der Waals surface area contributed by atoms with Crippen molar-refractivity contribution in [1.82, 2.24) is 30.3 Å². The Kier molecular flexibility index (Phi) is 7.36. The van der Waals surface area contributed by atoms with Crippen LogP contribution in [0.25, 0.3) is 12.2 Å². The lowest BCUT2D eigenvalue weighted by molar-refractivity contribution is -0.118. The second kappa shape index (κ2) is 10.8. The van der Waals surface area contributed by atoms with E-state index in [1.165, 1.54) is 17.3 Å². The molecule has 168 valence electrons. The standard InChI is InChI=1S/C25H26N6OS/c1-18-22(19(2)31(30-18)16-21-11-7-4-8-12-21)15-26-24(32)17-33-25-27-23(28-29-25)14-13-20-9-5-3-6-10-20/h3-14H,15-17H2,1-2H3,(H,26,32)(H,27,28,29)/b14-13+. The molecule has 0 aliphatic rings. The van der Waals surface area contributed by atoms with Crippen molar-refractivity contribution < 1.29 is 4.79 Å². The van der Waals surface area contributed by atoms with Crippen LogP contribution in [0.4, 0.5) is 0 Å². The molecule has 33 heavy (non-hydrogen) atoms. The Labute approximate surface area is 197 Å². The zero-order valence-corrected chi connectivity index (χ0v) is 19.5. The average molecular weight is 459 g/mol. The predicted octanol–water partition coefficient (Wildman–Crippen LogP) is 4.25. The van der Waals surface area contributed by atoms with Gasteiger partial charge in [0.1, 0.15) is 5.82 Å². The lowest BCUT2D eigenvalue weighted by Gasteiger charge is -2.07. The van der Waals surface area contributed by atoms with E-state index in [9.17, 15) is 4.79 Å². The van der Waals surface area contributed by atoms with Gasteiger partial charge in [0.25, 0.3) is 0 Å². The molecule has 0 aliphatic heterocycles. The number of nitrogens with one attached hydrogen (secondary N) is 2. The summed E-state index contributed by atoms with van der Waals surface area (Å²) in [5.74, 6) is 0.829. The molecule has 0 unspecified atom stereocenters. The lowest BCUT2D eigenvalue weighted by atomic mass is 10.2. The van der Waals surface area contributed by atoms with Gasteiger partial charge in [-0.2, -0.15) is 5.10 Å². The third kappa shape index (κ3) is 6.20. The Morgan fingerprint density at radius 2 is 1.79 bits per heavy atom. The molecular weight excluding hydrogens is 432 g/mol. The van der Waals surface area contributed by atoms with Gasteiger partial charge in [0.15, 0.2) is 0 Å². The number of carbonyl (C=O) groups is 1. The van der Waals surface area contributed by atoms with E-state index in [4.69, 9.17) is 0 Å². The molecule has 0 aliphatic carbocycles. The molecule has 1 amide bonds. The first-order valence-corrected chi connectivity index (χ1v) is 11.7. The van der Waals surface area contributed by atoms with Gasteiger partial charge < -0.3 is 5.32 Å². The summed E-state index contributed by atoms with van der Waals surface area (Å²) in [7, 11) is 0. The van der Waals surface area contributed by atoms with Gasteiger partial charge in [-0.1, -0.05) is 78.5 Å². The van der Waals surface area contributed by atoms with Gasteiger partial charge in [0.2, 0.25) is 11.1 Å². The first-order valence-electron chi connectivity index (χ1n) is 10.7. The summed E-state index contributed by atoms with van der Waals surface area (Å²) >= 11 is 1.30. The van der Waals surface area contributed by atoms with Crippen molar-refractivity contribution in [2.75, 3.05) is 5.75 Å². The van der Waals surface area contributed by atoms with Crippen molar-refractivity contribution in [3.8, 4) is 0 Å². The van der Waals surface area contributed by atoms with E-state index in [0.717, 1.165) is 22.5 Å². The highest BCUT2D eigenvalue weighted by molar-refractivity contribution is 7.99. The van der Waals surface area contributed by atoms with E-state index in [2.05, 4.69) is 37.7 Å². The van der Waals surface area contributed by atoms with Crippen LogP contribution in [0.2, 0.25) is 0 Å². The van der Waals surface area contributed by atoms with Crippen molar-refractivity contribution in [1.29, 1.82) is 0 Å². The number of aromatic nitrogens is 5. The zero-order valence-electron chi connectivity index (χ0n) is 18.7. The number of aromatic amines is 1. The summed E-state index contributed by atoms with van der Waals surface area (Å²) in [6.07, 6.45) is 3.83. The van der Waals surface area contributed by atoms with Crippen LogP contribution in [-0.4, -0.2) is 36.6 Å². The first-order chi connectivity index (χ1) is 16.1. The maximum absolute atomic E-state index is 12.4. The summed E-state index contributed by atoms with van der Waals surface area (Å²) < 4.78 is 1.99. The minimum Gasteiger partial charge on any atom is -0.351 e. The predicted molar refractivity (Wildman–Crippen MR) is 132 cm³/mol. The fourth-order valence-electron chi connectivity index (χ4n) is 3.40. The van der Waals surface area contributed by atoms with E-state index in [-0.39, 0.29) is 11.7 Å². The van der Waals surface area contributed by atoms with E-state index >= 15 is 0 Å². The number of aryl methyl sites for hydroxylation is 1. The monoisotopic (exact) mass is 458 g/mol. The summed E-state index contributed by atoms with van der Waals surface area (Å²) in [6.45, 7) is 5.17. The second-order valence-electron chi connectivity index (χ2n) is 7.61. The van der Waals surface area contributed by atoms with Crippen LogP contribution in [0.5, 0.6) is 0 Å². The Bertz CT molecular complexity index is 1230. The SMILES string of the molecule is Cc1nn(Cc2ccccc2)c(C)c1CNC(=O)CSc1n[nH]c(/C=C/c2ccccc2)n1. The molecule has 0 radical (unpaired) electrons. The molecule has 2 aromatic carbocycles. The van der Waals surface area contributed by atoms with Crippen LogP contribution in [0.1, 0.15) is 33.9 Å². The number of hydrogen-bond donors (Lipinski definition) is 2. The van der Waals surface area contributed by atoms with E-state index in [0.29, 0.717) is 24.1 Å². The molecule has 2 heterocycles. The molecule has 2 N–H and O–H groups in total. The van der Waals surface area contributed by atoms with Gasteiger partial charge in [-0.15, -0.1) is 5.10 Å². The molecule has 4 rings (SSSR count). The maximum atomic E-state index is 12.4. The van der Waals surface area contributed by atoms with Crippen LogP contribution < -0.4 is 5.32 Å². The minimum absolute atomic E-state index is 0.0687. The van der Waals surface area contributed by atoms with Gasteiger partial charge >= 0.3 is 0 Å². The molecule has 0 bridgehead atoms. The Hall–Kier alpha value is -3.65. The third-order valence-corrected chi connectivity index (χ3v) is 6.06. The van der Waals surface area contributed by atoms with Crippen molar-refractivity contribution in [2.24, 2.45) is 0 Å². The van der Waals surface area contributed by atoms with Gasteiger partial charge in [0, 0.05) is 17.8 Å². The van der Waals surface area contributed by atoms with Crippen molar-refractivity contribution >= 4 is 29.8 Å². The third-order valence-electron chi connectivity index (χ3n) is 5.22. The molecule has 0 spiro atoms. The number of nitrogens with zero attached hydrogens (tertiary/aromatic N) is 4. The van der Waals surface area contributed by atoms with Gasteiger partial charge in [-0.25, -0.2) is 4.98 Å². The second-order valence-corrected chi connectivity index (χ2v) is 8.55. The van der Waals surface area contributed by atoms with Crippen molar-refractivity contribution in [2.45, 2.75) is 32.1 Å². The summed E-state index contributed by atoms with van der Waals surface area (Å²) in [6, 6.07) is 20.2. The van der Waals surface area contributed by atoms with E-state index in [1.54, 1.807) is 0 Å². The highest BCUT2D eigenvalue weighted by atomic mass is 32.2. The fourth-order valence-corrected chi connectivity index (χ4v) is 4.04. The van der Waals surface area contributed by atoms with Crippen LogP contribution in [0.15, 0.2) is 65.8 Å². The van der Waals surface area contributed by atoms with Gasteiger partial charge in [0.05, 0.1) is 18.0 Å². The molecule has 0 atom stereocenters. The molecule has 0 saturated heterocycles. The van der Waals surface area contributed by atoms with E-state index < -0.39 is 0 Å². The number of rotatable bonds is 9. The summed E-state index contributed by atoms with van der Waals surface area (Å²) in [5.41, 5.74) is 5.32. The minimum atomic E-state index is -0.0687. The van der Waals surface area contributed by atoms with Crippen LogP contribution in [0.3, 0.4) is 0 Å². The number of H-pyrrole nitrogens is 1. The maximum Gasteiger partial charge on any atom is 0.230 e. The Balaban J connectivity index is 1.27. The quantitative estimate of drug-likeness (QED) is 0.366. The molecular formula is C25H26N6OS. The molecule has 2 aromatic heterocycles. The normalized spacial score (nSPS) is 11.2. The largest absolute Gasteiger partial charge is 0.351 e. The van der Waals surface area contributed by atoms with Gasteiger partial charge in [-0.05, 0) is 31.1 Å². The number of carbonyl (C=O) groups excluding carboxylic acids is 1. The molecule has 7 nitrogen and oxygen atoms in total. The summed E-state index contributed by atoms with van der Waals surface area (Å²) in [4.78, 5) is 16.8. The fraction of sp³-hybridized carbons (Fsp3) is 0.200. The van der Waals surface area contributed by atoms with Crippen LogP contribution in [0, 0.1) is 13.8 Å². The number of thioether (sulfide) groups is 1. The smallest absolute Gasteiger partial charge is 0.230 e. The Morgan fingerprint density at radius 3 is 2.55 bits per heavy atom. The highest BCUT2D eigenvalue weighted by Crippen LogP contribution is 2.16. The zero-order chi connectivity index (χ0) is 23.0. The van der Waals surface area contributed by atoms with E-state index in [1.807, 2.05) is 79.2 Å². The molecule has 4 aromatic rings. The lowest BCUT2D eigenvalue weighted by Crippen LogP contribution is -2.25. The topological polar surface area (TPSA) is 88.5 Å². The molecule has 0 fully saturated rings. The summed E-state index contributed by atoms with van der Waals surface area (Å²) in [5, 5.41) is 15.2. The van der Waals surface area contributed by atoms with Crippen molar-refractivity contribution in [3.05, 3.63) is 94.6 Å². The van der Waals surface area contributed by atoms with Crippen LogP contribution in [-0.2, 0) is 17.9 Å². The number of hydrogen-bond acceptors (Lipinski definition) is 5. The average Bonchev–Trinajstić information content (AvgIpc) is 3.40. The number of amides is 1.